The molecular formula is C28H24Cl3NO4. The fourth-order valence-corrected chi connectivity index (χ4v) is 4.37. The molecule has 0 radical (unpaired) electrons. The number of hydrogen-bond donors (Lipinski definition) is 1. The second-order valence-corrected chi connectivity index (χ2v) is 10.8. The van der Waals surface area contributed by atoms with Gasteiger partial charge in [-0.05, 0) is 54.3 Å². The van der Waals surface area contributed by atoms with E-state index in [-0.39, 0.29) is 22.3 Å². The van der Waals surface area contributed by atoms with E-state index in [2.05, 4.69) is 26.1 Å². The first-order valence-corrected chi connectivity index (χ1v) is 12.4. The van der Waals surface area contributed by atoms with Crippen LogP contribution in [0.4, 0.5) is 5.69 Å². The lowest BCUT2D eigenvalue weighted by molar-refractivity contribution is -0.122. The van der Waals surface area contributed by atoms with Crippen molar-refractivity contribution in [1.82, 2.24) is 0 Å². The highest BCUT2D eigenvalue weighted by molar-refractivity contribution is 6.35. The second kappa shape index (κ2) is 10.2. The van der Waals surface area contributed by atoms with Crippen LogP contribution in [0.5, 0.6) is 5.75 Å². The number of carbonyl (C=O) groups is 1. The maximum absolute atomic E-state index is 13.5. The van der Waals surface area contributed by atoms with Gasteiger partial charge in [-0.15, -0.1) is 0 Å². The number of ether oxygens (including phenoxy) is 1. The van der Waals surface area contributed by atoms with Crippen LogP contribution in [0.1, 0.15) is 33.3 Å². The van der Waals surface area contributed by atoms with Gasteiger partial charge in [0, 0.05) is 26.3 Å². The number of benzene rings is 3. The standard InChI is InChI=1S/C28H24Cl3NO4/c1-15(27(34)32-21-12-19(30)11-20(31)13-21)35-26-24(33)22-14-18(29)9-10-23(22)36-25(26)16-5-7-17(8-6-16)28(2,3)4/h5-15H,1-4H3,(H,32,34). The molecule has 1 N–H and O–H groups in total. The molecular weight excluding hydrogens is 521 g/mol. The van der Waals surface area contributed by atoms with Gasteiger partial charge < -0.3 is 14.5 Å². The second-order valence-electron chi connectivity index (χ2n) is 9.46. The zero-order valence-corrected chi connectivity index (χ0v) is 22.4. The molecule has 1 heterocycles. The Morgan fingerprint density at radius 3 is 2.17 bits per heavy atom. The molecule has 0 bridgehead atoms. The lowest BCUT2D eigenvalue weighted by atomic mass is 9.86. The van der Waals surface area contributed by atoms with E-state index in [1.807, 2.05) is 24.3 Å². The van der Waals surface area contributed by atoms with Crippen molar-refractivity contribution in [2.75, 3.05) is 5.32 Å². The van der Waals surface area contributed by atoms with Crippen molar-refractivity contribution in [3.05, 3.63) is 91.5 Å². The Balaban J connectivity index is 1.75. The Labute approximate surface area is 223 Å². The van der Waals surface area contributed by atoms with Gasteiger partial charge in [0.05, 0.1) is 5.39 Å². The average molecular weight is 545 g/mol. The van der Waals surface area contributed by atoms with Crippen LogP contribution >= 0.6 is 34.8 Å². The Bertz CT molecular complexity index is 1480. The van der Waals surface area contributed by atoms with Gasteiger partial charge >= 0.3 is 0 Å². The summed E-state index contributed by atoms with van der Waals surface area (Å²) in [5, 5.41) is 4.09. The van der Waals surface area contributed by atoms with Gasteiger partial charge in [0.15, 0.2) is 11.9 Å². The molecule has 0 fully saturated rings. The molecule has 1 unspecified atom stereocenters. The molecule has 4 rings (SSSR count). The van der Waals surface area contributed by atoms with Crippen LogP contribution < -0.4 is 15.5 Å². The number of carbonyl (C=O) groups excluding carboxylic acids is 1. The van der Waals surface area contributed by atoms with Gasteiger partial charge in [0.2, 0.25) is 11.2 Å². The van der Waals surface area contributed by atoms with Gasteiger partial charge in [-0.2, -0.15) is 0 Å². The lowest BCUT2D eigenvalue weighted by Gasteiger charge is -2.20. The number of hydrogen-bond acceptors (Lipinski definition) is 4. The van der Waals surface area contributed by atoms with Gasteiger partial charge in [0.1, 0.15) is 5.58 Å². The van der Waals surface area contributed by atoms with Crippen molar-refractivity contribution in [3.8, 4) is 17.1 Å². The smallest absolute Gasteiger partial charge is 0.265 e. The SMILES string of the molecule is CC(Oc1c(-c2ccc(C(C)(C)C)cc2)oc2ccc(Cl)cc2c1=O)C(=O)Nc1cc(Cl)cc(Cl)c1. The van der Waals surface area contributed by atoms with E-state index < -0.39 is 17.4 Å². The summed E-state index contributed by atoms with van der Waals surface area (Å²) in [4.78, 5) is 26.4. The summed E-state index contributed by atoms with van der Waals surface area (Å²) < 4.78 is 12.1. The number of fused-ring (bicyclic) bond motifs is 1. The third-order valence-electron chi connectivity index (χ3n) is 5.62. The minimum Gasteiger partial charge on any atom is -0.473 e. The van der Waals surface area contributed by atoms with Crippen LogP contribution in [0, 0.1) is 0 Å². The van der Waals surface area contributed by atoms with Crippen molar-refractivity contribution in [2.24, 2.45) is 0 Å². The van der Waals surface area contributed by atoms with E-state index in [0.717, 1.165) is 5.56 Å². The van der Waals surface area contributed by atoms with Gasteiger partial charge in [-0.1, -0.05) is 79.8 Å². The molecule has 0 saturated heterocycles. The van der Waals surface area contributed by atoms with E-state index in [4.69, 9.17) is 44.0 Å². The van der Waals surface area contributed by atoms with E-state index in [1.165, 1.54) is 13.0 Å². The minimum atomic E-state index is -1.05. The molecule has 36 heavy (non-hydrogen) atoms. The van der Waals surface area contributed by atoms with Crippen LogP contribution in [-0.2, 0) is 10.2 Å². The van der Waals surface area contributed by atoms with Crippen molar-refractivity contribution in [2.45, 2.75) is 39.2 Å². The summed E-state index contributed by atoms with van der Waals surface area (Å²) in [6.07, 6.45) is -1.05. The third kappa shape index (κ3) is 5.70. The predicted molar refractivity (Wildman–Crippen MR) is 147 cm³/mol. The fourth-order valence-electron chi connectivity index (χ4n) is 3.67. The minimum absolute atomic E-state index is 0.0470. The first-order chi connectivity index (χ1) is 16.9. The molecule has 1 amide bonds. The quantitative estimate of drug-likeness (QED) is 0.275. The topological polar surface area (TPSA) is 68.5 Å². The molecule has 1 atom stereocenters. The largest absolute Gasteiger partial charge is 0.473 e. The first kappa shape index (κ1) is 26.1. The number of amides is 1. The molecule has 0 aliphatic heterocycles. The number of halogens is 3. The van der Waals surface area contributed by atoms with Crippen molar-refractivity contribution >= 4 is 57.4 Å². The molecule has 0 aliphatic rings. The van der Waals surface area contributed by atoms with Crippen LogP contribution in [0.3, 0.4) is 0 Å². The Kier molecular flexibility index (Phi) is 7.37. The molecule has 4 aromatic rings. The van der Waals surface area contributed by atoms with Crippen LogP contribution in [-0.4, -0.2) is 12.0 Å². The van der Waals surface area contributed by atoms with Crippen LogP contribution in [0.2, 0.25) is 15.1 Å². The Morgan fingerprint density at radius 2 is 1.56 bits per heavy atom. The highest BCUT2D eigenvalue weighted by Gasteiger charge is 2.24. The molecule has 3 aromatic carbocycles. The number of nitrogens with one attached hydrogen (secondary N) is 1. The normalized spacial score (nSPS) is 12.4. The molecule has 0 aliphatic carbocycles. The molecule has 186 valence electrons. The summed E-state index contributed by atoms with van der Waals surface area (Å²) in [7, 11) is 0. The molecule has 5 nitrogen and oxygen atoms in total. The van der Waals surface area contributed by atoms with Gasteiger partial charge in [0.25, 0.3) is 5.91 Å². The van der Waals surface area contributed by atoms with Crippen molar-refractivity contribution < 1.29 is 13.9 Å². The number of anilines is 1. The molecule has 8 heteroatoms. The summed E-state index contributed by atoms with van der Waals surface area (Å²) in [5.41, 5.74) is 2.05. The zero-order chi connectivity index (χ0) is 26.2. The third-order valence-corrected chi connectivity index (χ3v) is 6.29. The maximum atomic E-state index is 13.5. The Morgan fingerprint density at radius 1 is 0.917 bits per heavy atom. The lowest BCUT2D eigenvalue weighted by Crippen LogP contribution is -2.31. The van der Waals surface area contributed by atoms with Crippen molar-refractivity contribution in [1.29, 1.82) is 0 Å². The summed E-state index contributed by atoms with van der Waals surface area (Å²) >= 11 is 18.2. The maximum Gasteiger partial charge on any atom is 0.265 e. The predicted octanol–water partition coefficient (Wildman–Crippen LogP) is 8.12. The van der Waals surface area contributed by atoms with E-state index >= 15 is 0 Å². The van der Waals surface area contributed by atoms with Gasteiger partial charge in [-0.3, -0.25) is 9.59 Å². The highest BCUT2D eigenvalue weighted by atomic mass is 35.5. The summed E-state index contributed by atoms with van der Waals surface area (Å²) in [6.45, 7) is 7.88. The highest BCUT2D eigenvalue weighted by Crippen LogP contribution is 2.34. The molecule has 0 spiro atoms. The van der Waals surface area contributed by atoms with E-state index in [1.54, 1.807) is 30.3 Å². The van der Waals surface area contributed by atoms with Gasteiger partial charge in [-0.25, -0.2) is 0 Å². The Hall–Kier alpha value is -2.99. The van der Waals surface area contributed by atoms with Crippen LogP contribution in [0.25, 0.3) is 22.3 Å². The first-order valence-electron chi connectivity index (χ1n) is 11.2. The number of rotatable bonds is 5. The monoisotopic (exact) mass is 543 g/mol. The molecule has 0 saturated carbocycles. The average Bonchev–Trinajstić information content (AvgIpc) is 2.80. The van der Waals surface area contributed by atoms with Crippen molar-refractivity contribution in [3.63, 3.8) is 0 Å². The van der Waals surface area contributed by atoms with Crippen LogP contribution in [0.15, 0.2) is 69.9 Å². The fraction of sp³-hybridized carbons (Fsp3) is 0.214. The molecule has 1 aromatic heterocycles. The zero-order valence-electron chi connectivity index (χ0n) is 20.1. The summed E-state index contributed by atoms with van der Waals surface area (Å²) in [6, 6.07) is 17.2. The summed E-state index contributed by atoms with van der Waals surface area (Å²) in [5.74, 6) is -0.353. The van der Waals surface area contributed by atoms with E-state index in [9.17, 15) is 9.59 Å². The van der Waals surface area contributed by atoms with E-state index in [0.29, 0.717) is 31.9 Å².